The van der Waals surface area contributed by atoms with Crippen LogP contribution in [0.3, 0.4) is 0 Å². The minimum Gasteiger partial charge on any atom is -0.399 e. The van der Waals surface area contributed by atoms with E-state index in [2.05, 4.69) is 16.8 Å². The molecule has 0 aromatic heterocycles. The molecule has 24 heavy (non-hydrogen) atoms. The van der Waals surface area contributed by atoms with Crippen molar-refractivity contribution in [2.75, 3.05) is 73.0 Å². The SMILES string of the molecule is CN1C=C(N)C(N2CCN(C(=O)N3CCN(C)CC3)CC2)C(F)C1. The standard InChI is InChI=1S/C16H29FN6O/c1-19-3-5-22(6-4-19)16(24)23-9-7-21(8-10-23)15-13(17)11-20(2)12-14(15)18/h12-13,15H,3-11,18H2,1-2H3. The summed E-state index contributed by atoms with van der Waals surface area (Å²) in [5, 5.41) is 0. The second-order valence-electron chi connectivity index (χ2n) is 7.13. The first-order valence-electron chi connectivity index (χ1n) is 8.73. The Kier molecular flexibility index (Phi) is 5.15. The summed E-state index contributed by atoms with van der Waals surface area (Å²) in [4.78, 5) is 22.5. The number of carbonyl (C=O) groups excluding carboxylic acids is 1. The fraction of sp³-hybridized carbons (Fsp3) is 0.812. The van der Waals surface area contributed by atoms with Crippen molar-refractivity contribution in [3.63, 3.8) is 0 Å². The van der Waals surface area contributed by atoms with Gasteiger partial charge < -0.3 is 25.3 Å². The van der Waals surface area contributed by atoms with E-state index in [1.54, 1.807) is 4.90 Å². The summed E-state index contributed by atoms with van der Waals surface area (Å²) >= 11 is 0. The van der Waals surface area contributed by atoms with E-state index >= 15 is 0 Å². The molecule has 3 aliphatic heterocycles. The lowest BCUT2D eigenvalue weighted by atomic mass is 10.0. The Hall–Kier alpha value is -1.54. The molecule has 0 saturated carbocycles. The summed E-state index contributed by atoms with van der Waals surface area (Å²) in [7, 11) is 3.91. The van der Waals surface area contributed by atoms with Crippen LogP contribution < -0.4 is 5.73 Å². The number of nitrogens with two attached hydrogens (primary N) is 1. The molecule has 3 rings (SSSR count). The molecule has 136 valence electrons. The van der Waals surface area contributed by atoms with Crippen LogP contribution in [0.5, 0.6) is 0 Å². The second kappa shape index (κ2) is 7.14. The van der Waals surface area contributed by atoms with Crippen molar-refractivity contribution in [2.45, 2.75) is 12.2 Å². The predicted octanol–water partition coefficient (Wildman–Crippen LogP) is -0.576. The fourth-order valence-corrected chi connectivity index (χ4v) is 3.80. The van der Waals surface area contributed by atoms with Gasteiger partial charge in [0.15, 0.2) is 0 Å². The lowest BCUT2D eigenvalue weighted by Crippen LogP contribution is -2.60. The van der Waals surface area contributed by atoms with Gasteiger partial charge in [-0.25, -0.2) is 9.18 Å². The molecule has 0 aromatic rings. The third-order valence-corrected chi connectivity index (χ3v) is 5.27. The third kappa shape index (κ3) is 3.59. The van der Waals surface area contributed by atoms with Gasteiger partial charge in [0.25, 0.3) is 0 Å². The molecule has 2 N–H and O–H groups in total. The monoisotopic (exact) mass is 340 g/mol. The number of rotatable bonds is 1. The van der Waals surface area contributed by atoms with Crippen LogP contribution in [-0.2, 0) is 0 Å². The Morgan fingerprint density at radius 3 is 2.12 bits per heavy atom. The first kappa shape index (κ1) is 17.3. The number of amides is 2. The molecule has 7 nitrogen and oxygen atoms in total. The van der Waals surface area contributed by atoms with E-state index in [4.69, 9.17) is 5.73 Å². The van der Waals surface area contributed by atoms with Crippen LogP contribution in [0.25, 0.3) is 0 Å². The van der Waals surface area contributed by atoms with Gasteiger partial charge in [0.05, 0.1) is 12.6 Å². The summed E-state index contributed by atoms with van der Waals surface area (Å²) in [6, 6.07) is -0.242. The molecule has 0 aliphatic carbocycles. The Morgan fingerprint density at radius 1 is 1.04 bits per heavy atom. The van der Waals surface area contributed by atoms with Crippen molar-refractivity contribution in [1.82, 2.24) is 24.5 Å². The van der Waals surface area contributed by atoms with E-state index in [0.29, 0.717) is 38.4 Å². The third-order valence-electron chi connectivity index (χ3n) is 5.27. The van der Waals surface area contributed by atoms with Gasteiger partial charge in [-0.3, -0.25) is 4.90 Å². The van der Waals surface area contributed by atoms with E-state index in [1.807, 2.05) is 23.0 Å². The zero-order valence-corrected chi connectivity index (χ0v) is 14.7. The zero-order valence-electron chi connectivity index (χ0n) is 14.7. The van der Waals surface area contributed by atoms with Crippen molar-refractivity contribution >= 4 is 6.03 Å². The number of halogens is 1. The maximum Gasteiger partial charge on any atom is 0.320 e. The Balaban J connectivity index is 1.54. The van der Waals surface area contributed by atoms with E-state index in [0.717, 1.165) is 26.2 Å². The van der Waals surface area contributed by atoms with Crippen molar-refractivity contribution in [1.29, 1.82) is 0 Å². The van der Waals surface area contributed by atoms with Gasteiger partial charge in [0.2, 0.25) is 0 Å². The number of alkyl halides is 1. The summed E-state index contributed by atoms with van der Waals surface area (Å²) in [5.41, 5.74) is 6.64. The highest BCUT2D eigenvalue weighted by Crippen LogP contribution is 2.22. The van der Waals surface area contributed by atoms with E-state index in [9.17, 15) is 9.18 Å². The Bertz CT molecular complexity index is 485. The largest absolute Gasteiger partial charge is 0.399 e. The topological polar surface area (TPSA) is 59.3 Å². The molecule has 3 aliphatic rings. The normalized spacial score (nSPS) is 30.5. The number of urea groups is 1. The molecule has 0 aromatic carbocycles. The molecule has 2 saturated heterocycles. The van der Waals surface area contributed by atoms with Crippen LogP contribution in [0.4, 0.5) is 9.18 Å². The molecule has 2 amide bonds. The van der Waals surface area contributed by atoms with Gasteiger partial charge >= 0.3 is 6.03 Å². The summed E-state index contributed by atoms with van der Waals surface area (Å²) < 4.78 is 14.4. The first-order chi connectivity index (χ1) is 11.5. The Labute approximate surface area is 143 Å². The minimum absolute atomic E-state index is 0.117. The van der Waals surface area contributed by atoms with Crippen LogP contribution in [0.1, 0.15) is 0 Å². The van der Waals surface area contributed by atoms with Gasteiger partial charge in [0.1, 0.15) is 6.17 Å². The smallest absolute Gasteiger partial charge is 0.320 e. The van der Waals surface area contributed by atoms with Crippen molar-refractivity contribution in [3.05, 3.63) is 11.9 Å². The molecular formula is C16H29FN6O. The van der Waals surface area contributed by atoms with Gasteiger partial charge in [-0.15, -0.1) is 0 Å². The maximum atomic E-state index is 14.4. The summed E-state index contributed by atoms with van der Waals surface area (Å²) in [6.07, 6.45) is 0.836. The van der Waals surface area contributed by atoms with Crippen LogP contribution in [-0.4, -0.2) is 116 Å². The summed E-state index contributed by atoms with van der Waals surface area (Å²) in [5.74, 6) is 0. The predicted molar refractivity (Wildman–Crippen MR) is 91.2 cm³/mol. The van der Waals surface area contributed by atoms with Crippen molar-refractivity contribution in [3.8, 4) is 0 Å². The number of piperazine rings is 2. The minimum atomic E-state index is -0.986. The number of hydrogen-bond acceptors (Lipinski definition) is 5. The quantitative estimate of drug-likeness (QED) is 0.692. The highest BCUT2D eigenvalue weighted by Gasteiger charge is 2.36. The molecule has 0 bridgehead atoms. The highest BCUT2D eigenvalue weighted by atomic mass is 19.1. The average molecular weight is 340 g/mol. The molecule has 2 unspecified atom stereocenters. The van der Waals surface area contributed by atoms with Crippen molar-refractivity contribution < 1.29 is 9.18 Å². The Morgan fingerprint density at radius 2 is 1.58 bits per heavy atom. The molecule has 2 fully saturated rings. The van der Waals surface area contributed by atoms with Gasteiger partial charge in [0, 0.05) is 71.3 Å². The van der Waals surface area contributed by atoms with Crippen LogP contribution in [0, 0.1) is 0 Å². The molecule has 0 radical (unpaired) electrons. The average Bonchev–Trinajstić information content (AvgIpc) is 2.54. The lowest BCUT2D eigenvalue weighted by Gasteiger charge is -2.44. The first-order valence-corrected chi connectivity index (χ1v) is 8.73. The molecule has 8 heteroatoms. The van der Waals surface area contributed by atoms with Gasteiger partial charge in [-0.1, -0.05) is 0 Å². The van der Waals surface area contributed by atoms with Crippen LogP contribution in [0.15, 0.2) is 11.9 Å². The van der Waals surface area contributed by atoms with Crippen LogP contribution in [0.2, 0.25) is 0 Å². The van der Waals surface area contributed by atoms with Gasteiger partial charge in [-0.2, -0.15) is 0 Å². The van der Waals surface area contributed by atoms with E-state index in [-0.39, 0.29) is 12.1 Å². The molecule has 3 heterocycles. The lowest BCUT2D eigenvalue weighted by molar-refractivity contribution is 0.0537. The number of nitrogens with zero attached hydrogens (tertiary/aromatic N) is 5. The van der Waals surface area contributed by atoms with Gasteiger partial charge in [-0.05, 0) is 7.05 Å². The van der Waals surface area contributed by atoms with E-state index < -0.39 is 6.17 Å². The zero-order chi connectivity index (χ0) is 17.3. The molecular weight excluding hydrogens is 311 g/mol. The second-order valence-corrected chi connectivity index (χ2v) is 7.13. The molecule has 0 spiro atoms. The number of hydrogen-bond donors (Lipinski definition) is 1. The fourth-order valence-electron chi connectivity index (χ4n) is 3.80. The van der Waals surface area contributed by atoms with Crippen LogP contribution >= 0.6 is 0 Å². The molecule has 2 atom stereocenters. The maximum absolute atomic E-state index is 14.4. The highest BCUT2D eigenvalue weighted by molar-refractivity contribution is 5.74. The summed E-state index contributed by atoms with van der Waals surface area (Å²) in [6.45, 7) is 6.39. The number of carbonyl (C=O) groups is 1. The number of likely N-dealkylation sites (N-methyl/N-ethyl adjacent to an activating group) is 1. The van der Waals surface area contributed by atoms with Crippen molar-refractivity contribution in [2.24, 2.45) is 5.73 Å². The van der Waals surface area contributed by atoms with E-state index in [1.165, 1.54) is 0 Å².